The molecule has 1 amide bonds. The summed E-state index contributed by atoms with van der Waals surface area (Å²) in [7, 11) is 4.16. The summed E-state index contributed by atoms with van der Waals surface area (Å²) in [6.07, 6.45) is 5.41. The van der Waals surface area contributed by atoms with Gasteiger partial charge in [0.15, 0.2) is 0 Å². The summed E-state index contributed by atoms with van der Waals surface area (Å²) in [6.45, 7) is 2.52. The Morgan fingerprint density at radius 1 is 1.26 bits per heavy atom. The van der Waals surface area contributed by atoms with Gasteiger partial charge in [0, 0.05) is 37.4 Å². The van der Waals surface area contributed by atoms with E-state index in [1.807, 2.05) is 31.3 Å². The number of hydrogen-bond acceptors (Lipinski definition) is 6. The van der Waals surface area contributed by atoms with Crippen LogP contribution in [0.4, 0.5) is 11.6 Å². The number of pyridine rings is 2. The van der Waals surface area contributed by atoms with Gasteiger partial charge in [-0.25, -0.2) is 9.97 Å². The van der Waals surface area contributed by atoms with Gasteiger partial charge in [-0.1, -0.05) is 23.7 Å². The Labute approximate surface area is 187 Å². The summed E-state index contributed by atoms with van der Waals surface area (Å²) in [5, 5.41) is 5.32. The van der Waals surface area contributed by atoms with Crippen molar-refractivity contribution < 1.29 is 4.79 Å². The summed E-state index contributed by atoms with van der Waals surface area (Å²) >= 11 is 6.50. The molecule has 3 aromatic rings. The minimum Gasteiger partial charge on any atom is -0.383 e. The second kappa shape index (κ2) is 9.08. The zero-order valence-electron chi connectivity index (χ0n) is 17.8. The zero-order chi connectivity index (χ0) is 22.0. The third kappa shape index (κ3) is 4.73. The first-order valence-electron chi connectivity index (χ1n) is 10.4. The summed E-state index contributed by atoms with van der Waals surface area (Å²) in [5.74, 6) is 1.00. The van der Waals surface area contributed by atoms with Crippen LogP contribution in [0.5, 0.6) is 0 Å². The number of hydrogen-bond donors (Lipinski definition) is 2. The molecule has 1 saturated heterocycles. The minimum atomic E-state index is -0.211. The average molecular weight is 439 g/mol. The van der Waals surface area contributed by atoms with Gasteiger partial charge in [0.05, 0.1) is 10.6 Å². The molecule has 1 aliphatic heterocycles. The first-order chi connectivity index (χ1) is 14.9. The molecule has 7 nitrogen and oxygen atoms in total. The Bertz CT molecular complexity index is 1100. The van der Waals surface area contributed by atoms with Crippen LogP contribution in [-0.2, 0) is 6.54 Å². The van der Waals surface area contributed by atoms with Gasteiger partial charge in [0.25, 0.3) is 5.91 Å². The number of rotatable bonds is 5. The average Bonchev–Trinajstić information content (AvgIpc) is 2.77. The van der Waals surface area contributed by atoms with Crippen molar-refractivity contribution in [2.24, 2.45) is 0 Å². The predicted octanol–water partition coefficient (Wildman–Crippen LogP) is 3.33. The number of benzene rings is 1. The molecule has 4 rings (SSSR count). The van der Waals surface area contributed by atoms with Crippen LogP contribution in [0.15, 0.2) is 42.7 Å². The highest BCUT2D eigenvalue weighted by molar-refractivity contribution is 6.33. The molecule has 1 aromatic carbocycles. The normalized spacial score (nSPS) is 15.2. The van der Waals surface area contributed by atoms with E-state index in [1.165, 1.54) is 0 Å². The molecule has 0 spiro atoms. The van der Waals surface area contributed by atoms with E-state index >= 15 is 0 Å². The number of nitrogens with two attached hydrogens (primary N) is 1. The Kier molecular flexibility index (Phi) is 6.25. The van der Waals surface area contributed by atoms with Crippen molar-refractivity contribution in [2.45, 2.75) is 25.4 Å². The van der Waals surface area contributed by atoms with Crippen molar-refractivity contribution >= 4 is 39.9 Å². The van der Waals surface area contributed by atoms with Crippen molar-refractivity contribution in [3.63, 3.8) is 0 Å². The summed E-state index contributed by atoms with van der Waals surface area (Å²) in [6, 6.07) is 9.85. The Morgan fingerprint density at radius 2 is 2.03 bits per heavy atom. The minimum absolute atomic E-state index is 0.211. The maximum atomic E-state index is 12.6. The van der Waals surface area contributed by atoms with E-state index in [9.17, 15) is 4.79 Å². The number of piperidine rings is 1. The molecule has 162 valence electrons. The molecular formula is C23H27ClN6O. The number of halogens is 1. The fraction of sp³-hybridized carbons (Fsp3) is 0.348. The molecule has 8 heteroatoms. The lowest BCUT2D eigenvalue weighted by molar-refractivity contribution is 0.0950. The molecule has 31 heavy (non-hydrogen) atoms. The standard InChI is InChI=1S/C23H27ClN6O/c1-29-9-6-18(7-10-29)30(2)22-20(24)12-17(14-27-22)23(31)28-13-15-3-4-19-16(11-15)5-8-26-21(19)25/h3-5,8,11-12,14,18H,6-7,9-10,13H2,1-2H3,(H2,25,26)(H,28,31). The number of likely N-dealkylation sites (tertiary alicyclic amines) is 1. The summed E-state index contributed by atoms with van der Waals surface area (Å²) < 4.78 is 0. The maximum Gasteiger partial charge on any atom is 0.253 e. The van der Waals surface area contributed by atoms with E-state index in [-0.39, 0.29) is 5.91 Å². The van der Waals surface area contributed by atoms with Crippen LogP contribution in [0.1, 0.15) is 28.8 Å². The lowest BCUT2D eigenvalue weighted by Crippen LogP contribution is -2.42. The number of nitrogens with zero attached hydrogens (tertiary/aromatic N) is 4. The fourth-order valence-corrected chi connectivity index (χ4v) is 4.31. The van der Waals surface area contributed by atoms with Crippen molar-refractivity contribution in [1.82, 2.24) is 20.2 Å². The van der Waals surface area contributed by atoms with Crippen molar-refractivity contribution in [2.75, 3.05) is 37.8 Å². The van der Waals surface area contributed by atoms with Crippen LogP contribution >= 0.6 is 11.6 Å². The monoisotopic (exact) mass is 438 g/mol. The molecule has 0 radical (unpaired) electrons. The number of nitrogen functional groups attached to an aromatic ring is 1. The molecule has 0 unspecified atom stereocenters. The second-order valence-electron chi connectivity index (χ2n) is 8.11. The summed E-state index contributed by atoms with van der Waals surface area (Å²) in [4.78, 5) is 25.7. The number of anilines is 2. The van der Waals surface area contributed by atoms with Crippen molar-refractivity contribution in [3.8, 4) is 0 Å². The molecule has 1 aliphatic rings. The highest BCUT2D eigenvalue weighted by Gasteiger charge is 2.23. The lowest BCUT2D eigenvalue weighted by atomic mass is 10.0. The molecule has 0 bridgehead atoms. The first-order valence-corrected chi connectivity index (χ1v) is 10.8. The molecule has 2 aromatic heterocycles. The van der Waals surface area contributed by atoms with Crippen molar-refractivity contribution in [3.05, 3.63) is 58.9 Å². The SMILES string of the molecule is CN1CCC(N(C)c2ncc(C(=O)NCc3ccc4c(N)nccc4c3)cc2Cl)CC1. The highest BCUT2D eigenvalue weighted by atomic mass is 35.5. The topological polar surface area (TPSA) is 87.4 Å². The smallest absolute Gasteiger partial charge is 0.253 e. The van der Waals surface area contributed by atoms with Crippen molar-refractivity contribution in [1.29, 1.82) is 0 Å². The summed E-state index contributed by atoms with van der Waals surface area (Å²) in [5.41, 5.74) is 7.32. The fourth-order valence-electron chi connectivity index (χ4n) is 4.01. The van der Waals surface area contributed by atoms with Gasteiger partial charge in [-0.3, -0.25) is 4.79 Å². The van der Waals surface area contributed by atoms with Crippen LogP contribution < -0.4 is 16.0 Å². The van der Waals surface area contributed by atoms with Gasteiger partial charge < -0.3 is 20.9 Å². The molecule has 3 heterocycles. The second-order valence-corrected chi connectivity index (χ2v) is 8.52. The molecule has 0 aliphatic carbocycles. The van der Waals surface area contributed by atoms with Crippen LogP contribution in [0.25, 0.3) is 10.8 Å². The number of amides is 1. The van der Waals surface area contributed by atoms with Crippen LogP contribution in [0.3, 0.4) is 0 Å². The van der Waals surface area contributed by atoms with E-state index in [4.69, 9.17) is 17.3 Å². The number of fused-ring (bicyclic) bond motifs is 1. The predicted molar refractivity (Wildman–Crippen MR) is 125 cm³/mol. The van der Waals surface area contributed by atoms with E-state index in [2.05, 4.69) is 32.1 Å². The van der Waals surface area contributed by atoms with E-state index in [1.54, 1.807) is 18.5 Å². The van der Waals surface area contributed by atoms with Crippen LogP contribution in [0.2, 0.25) is 5.02 Å². The zero-order valence-corrected chi connectivity index (χ0v) is 18.6. The largest absolute Gasteiger partial charge is 0.383 e. The third-order valence-corrected chi connectivity index (χ3v) is 6.24. The van der Waals surface area contributed by atoms with Gasteiger partial charge in [0.1, 0.15) is 11.6 Å². The molecule has 1 fully saturated rings. The molecule has 3 N–H and O–H groups in total. The Balaban J connectivity index is 1.41. The molecule has 0 saturated carbocycles. The van der Waals surface area contributed by atoms with E-state index < -0.39 is 0 Å². The first kappa shape index (κ1) is 21.3. The Morgan fingerprint density at radius 3 is 2.77 bits per heavy atom. The number of nitrogens with one attached hydrogen (secondary N) is 1. The van der Waals surface area contributed by atoms with Gasteiger partial charge in [-0.05, 0) is 62.1 Å². The Hall–Kier alpha value is -2.90. The van der Waals surface area contributed by atoms with Crippen LogP contribution in [-0.4, -0.2) is 54.0 Å². The van der Waals surface area contributed by atoms with Gasteiger partial charge in [-0.2, -0.15) is 0 Å². The molecule has 0 atom stereocenters. The van der Waals surface area contributed by atoms with Gasteiger partial charge in [0.2, 0.25) is 0 Å². The lowest BCUT2D eigenvalue weighted by Gasteiger charge is -2.36. The van der Waals surface area contributed by atoms with Gasteiger partial charge >= 0.3 is 0 Å². The van der Waals surface area contributed by atoms with Gasteiger partial charge in [-0.15, -0.1) is 0 Å². The third-order valence-electron chi connectivity index (χ3n) is 5.97. The quantitative estimate of drug-likeness (QED) is 0.635. The maximum absolute atomic E-state index is 12.6. The number of carbonyl (C=O) groups excluding carboxylic acids is 1. The highest BCUT2D eigenvalue weighted by Crippen LogP contribution is 2.27. The van der Waals surface area contributed by atoms with E-state index in [0.717, 1.165) is 42.3 Å². The molecular weight excluding hydrogens is 412 g/mol. The van der Waals surface area contributed by atoms with Crippen LogP contribution in [0, 0.1) is 0 Å². The number of carbonyl (C=O) groups is 1. The van der Waals surface area contributed by atoms with E-state index in [0.29, 0.717) is 34.8 Å². The number of aromatic nitrogens is 2.